The quantitative estimate of drug-likeness (QED) is 0.704. The molecule has 18 heavy (non-hydrogen) atoms. The molecule has 0 radical (unpaired) electrons. The van der Waals surface area contributed by atoms with Crippen LogP contribution in [0.5, 0.6) is 0 Å². The van der Waals surface area contributed by atoms with Crippen LogP contribution in [-0.2, 0) is 22.6 Å². The third kappa shape index (κ3) is 2.27. The van der Waals surface area contributed by atoms with Gasteiger partial charge in [0.05, 0.1) is 12.6 Å². The topological polar surface area (TPSA) is 83.6 Å². The van der Waals surface area contributed by atoms with Crippen molar-refractivity contribution in [2.75, 3.05) is 6.61 Å². The van der Waals surface area contributed by atoms with Gasteiger partial charge in [-0.25, -0.2) is 0 Å². The van der Waals surface area contributed by atoms with Crippen molar-refractivity contribution >= 4 is 12.2 Å². The molecule has 0 spiro atoms. The molecule has 1 aliphatic rings. The van der Waals surface area contributed by atoms with Crippen LogP contribution in [0.1, 0.15) is 11.1 Å². The number of carbonyl (C=O) groups is 2. The van der Waals surface area contributed by atoms with Gasteiger partial charge in [-0.2, -0.15) is 0 Å². The fraction of sp³-hybridized carbons (Fsp3) is 0.385. The second-order valence-electron chi connectivity index (χ2n) is 4.43. The van der Waals surface area contributed by atoms with Gasteiger partial charge in [0.1, 0.15) is 12.3 Å². The highest BCUT2D eigenvalue weighted by atomic mass is 16.3. The lowest BCUT2D eigenvalue weighted by molar-refractivity contribution is -0.139. The summed E-state index contributed by atoms with van der Waals surface area (Å²) < 4.78 is 0. The van der Waals surface area contributed by atoms with E-state index in [9.17, 15) is 9.59 Å². The van der Waals surface area contributed by atoms with Crippen molar-refractivity contribution < 1.29 is 14.7 Å². The van der Waals surface area contributed by atoms with Crippen molar-refractivity contribution in [1.82, 2.24) is 4.90 Å². The Balaban J connectivity index is 2.37. The number of carbonyl (C=O) groups excluding carboxylic acids is 2. The maximum atomic E-state index is 12.1. The minimum atomic E-state index is -0.824. The Bertz CT molecular complexity index is 461. The largest absolute Gasteiger partial charge is 0.394 e. The monoisotopic (exact) mass is 248 g/mol. The van der Waals surface area contributed by atoms with Crippen LogP contribution in [-0.4, -0.2) is 40.9 Å². The standard InChI is InChI=1S/C13H16N2O3/c14-12-5-9-3-1-2-4-10(9)6-15(13(12)18)11(7-16)8-17/h1-4,7,11-12,17H,5-6,8,14H2. The molecule has 3 N–H and O–H groups in total. The fourth-order valence-corrected chi connectivity index (χ4v) is 2.21. The molecule has 1 aliphatic heterocycles. The van der Waals surface area contributed by atoms with E-state index in [-0.39, 0.29) is 12.5 Å². The molecule has 2 rings (SSSR count). The zero-order valence-corrected chi connectivity index (χ0v) is 9.95. The van der Waals surface area contributed by atoms with Gasteiger partial charge in [0.15, 0.2) is 0 Å². The summed E-state index contributed by atoms with van der Waals surface area (Å²) in [6.45, 7) is -0.0726. The number of aldehydes is 1. The summed E-state index contributed by atoms with van der Waals surface area (Å²) in [6.07, 6.45) is 1.04. The van der Waals surface area contributed by atoms with E-state index < -0.39 is 12.1 Å². The van der Waals surface area contributed by atoms with E-state index in [1.807, 2.05) is 24.3 Å². The van der Waals surface area contributed by atoms with Gasteiger partial charge in [0.2, 0.25) is 5.91 Å². The van der Waals surface area contributed by atoms with Gasteiger partial charge in [0.25, 0.3) is 0 Å². The number of aliphatic hydroxyl groups is 1. The second-order valence-corrected chi connectivity index (χ2v) is 4.43. The maximum absolute atomic E-state index is 12.1. The van der Waals surface area contributed by atoms with Gasteiger partial charge in [-0.3, -0.25) is 4.79 Å². The molecule has 0 saturated carbocycles. The smallest absolute Gasteiger partial charge is 0.240 e. The molecule has 5 heteroatoms. The van der Waals surface area contributed by atoms with Crippen LogP contribution < -0.4 is 5.73 Å². The molecule has 1 aromatic rings. The molecule has 0 aromatic heterocycles. The van der Waals surface area contributed by atoms with Gasteiger partial charge in [-0.1, -0.05) is 24.3 Å². The van der Waals surface area contributed by atoms with Crippen LogP contribution in [0, 0.1) is 0 Å². The first kappa shape index (κ1) is 12.7. The van der Waals surface area contributed by atoms with Crippen molar-refractivity contribution in [3.63, 3.8) is 0 Å². The lowest BCUT2D eigenvalue weighted by Gasteiger charge is -2.27. The Morgan fingerprint density at radius 3 is 2.72 bits per heavy atom. The zero-order valence-electron chi connectivity index (χ0n) is 9.95. The number of fused-ring (bicyclic) bond motifs is 1. The Labute approximate surface area is 105 Å². The second kappa shape index (κ2) is 5.29. The van der Waals surface area contributed by atoms with E-state index in [1.165, 1.54) is 4.90 Å². The normalized spacial score (nSPS) is 21.1. The van der Waals surface area contributed by atoms with E-state index in [4.69, 9.17) is 10.8 Å². The van der Waals surface area contributed by atoms with Crippen LogP contribution in [0.3, 0.4) is 0 Å². The summed E-state index contributed by atoms with van der Waals surface area (Å²) in [4.78, 5) is 24.4. The first-order valence-corrected chi connectivity index (χ1v) is 5.86. The minimum Gasteiger partial charge on any atom is -0.394 e. The molecule has 1 aromatic carbocycles. The third-order valence-electron chi connectivity index (χ3n) is 3.24. The maximum Gasteiger partial charge on any atom is 0.240 e. The summed E-state index contributed by atoms with van der Waals surface area (Å²) in [7, 11) is 0. The number of hydrogen-bond donors (Lipinski definition) is 2. The van der Waals surface area contributed by atoms with E-state index in [1.54, 1.807) is 0 Å². The van der Waals surface area contributed by atoms with Crippen LogP contribution in [0.2, 0.25) is 0 Å². The molecule has 0 fully saturated rings. The number of aliphatic hydroxyl groups excluding tert-OH is 1. The molecular weight excluding hydrogens is 232 g/mol. The Morgan fingerprint density at radius 2 is 2.11 bits per heavy atom. The van der Waals surface area contributed by atoms with Gasteiger partial charge in [0, 0.05) is 6.54 Å². The van der Waals surface area contributed by atoms with Crippen molar-refractivity contribution in [1.29, 1.82) is 0 Å². The molecule has 0 aliphatic carbocycles. The van der Waals surface area contributed by atoms with Crippen LogP contribution in [0.4, 0.5) is 0 Å². The van der Waals surface area contributed by atoms with E-state index in [2.05, 4.69) is 0 Å². The lowest BCUT2D eigenvalue weighted by Crippen LogP contribution is -2.49. The molecule has 1 heterocycles. The zero-order chi connectivity index (χ0) is 13.1. The highest BCUT2D eigenvalue weighted by Gasteiger charge is 2.31. The van der Waals surface area contributed by atoms with Crippen LogP contribution >= 0.6 is 0 Å². The molecule has 0 saturated heterocycles. The summed E-state index contributed by atoms with van der Waals surface area (Å²) in [6, 6.07) is 6.13. The average molecular weight is 248 g/mol. The third-order valence-corrected chi connectivity index (χ3v) is 3.24. The SMILES string of the molecule is NC1Cc2ccccc2CN(C(C=O)CO)C1=O. The first-order valence-electron chi connectivity index (χ1n) is 5.86. The van der Waals surface area contributed by atoms with E-state index in [0.29, 0.717) is 19.3 Å². The number of nitrogens with two attached hydrogens (primary N) is 1. The summed E-state index contributed by atoms with van der Waals surface area (Å²) in [5, 5.41) is 9.16. The predicted molar refractivity (Wildman–Crippen MR) is 65.6 cm³/mol. The number of hydrogen-bond acceptors (Lipinski definition) is 4. The molecule has 5 nitrogen and oxygen atoms in total. The molecule has 0 bridgehead atoms. The number of amides is 1. The highest BCUT2D eigenvalue weighted by Crippen LogP contribution is 2.20. The van der Waals surface area contributed by atoms with E-state index in [0.717, 1.165) is 11.1 Å². The Hall–Kier alpha value is -1.72. The Kier molecular flexibility index (Phi) is 3.74. The van der Waals surface area contributed by atoms with Crippen LogP contribution in [0.25, 0.3) is 0 Å². The highest BCUT2D eigenvalue weighted by molar-refractivity contribution is 5.85. The first-order chi connectivity index (χ1) is 8.67. The molecule has 1 amide bonds. The van der Waals surface area contributed by atoms with E-state index >= 15 is 0 Å². The van der Waals surface area contributed by atoms with Crippen molar-refractivity contribution in [3.8, 4) is 0 Å². The van der Waals surface area contributed by atoms with Gasteiger partial charge < -0.3 is 20.5 Å². The summed E-state index contributed by atoms with van der Waals surface area (Å²) >= 11 is 0. The van der Waals surface area contributed by atoms with Gasteiger partial charge in [-0.15, -0.1) is 0 Å². The summed E-state index contributed by atoms with van der Waals surface area (Å²) in [5.74, 6) is -0.294. The number of benzene rings is 1. The minimum absolute atomic E-state index is 0.294. The molecule has 2 atom stereocenters. The molecule has 2 unspecified atom stereocenters. The van der Waals surface area contributed by atoms with Gasteiger partial charge >= 0.3 is 0 Å². The predicted octanol–water partition coefficient (Wildman–Crippen LogP) is -0.542. The molecular formula is C13H16N2O3. The lowest BCUT2D eigenvalue weighted by atomic mass is 10.0. The van der Waals surface area contributed by atoms with Crippen LogP contribution in [0.15, 0.2) is 24.3 Å². The fourth-order valence-electron chi connectivity index (χ4n) is 2.21. The Morgan fingerprint density at radius 1 is 1.44 bits per heavy atom. The van der Waals surface area contributed by atoms with Crippen molar-refractivity contribution in [3.05, 3.63) is 35.4 Å². The average Bonchev–Trinajstić information content (AvgIpc) is 2.51. The number of rotatable bonds is 3. The number of nitrogens with zero attached hydrogens (tertiary/aromatic N) is 1. The van der Waals surface area contributed by atoms with Crippen molar-refractivity contribution in [2.45, 2.75) is 25.0 Å². The van der Waals surface area contributed by atoms with Gasteiger partial charge in [-0.05, 0) is 17.5 Å². The van der Waals surface area contributed by atoms with Crippen molar-refractivity contribution in [2.24, 2.45) is 5.73 Å². The summed E-state index contributed by atoms with van der Waals surface area (Å²) in [5.41, 5.74) is 7.83. The molecule has 96 valence electrons.